The second-order valence-electron chi connectivity index (χ2n) is 8.39. The van der Waals surface area contributed by atoms with Gasteiger partial charge in [0.15, 0.2) is 0 Å². The van der Waals surface area contributed by atoms with Crippen LogP contribution in [0.2, 0.25) is 0 Å². The summed E-state index contributed by atoms with van der Waals surface area (Å²) in [5.41, 5.74) is 2.63. The van der Waals surface area contributed by atoms with Crippen LogP contribution in [0.15, 0.2) is 109 Å². The lowest BCUT2D eigenvalue weighted by Crippen LogP contribution is -2.08. The number of carbonyl (C=O) groups excluding carboxylic acids is 1. The van der Waals surface area contributed by atoms with Crippen molar-refractivity contribution in [3.8, 4) is 28.4 Å². The van der Waals surface area contributed by atoms with E-state index >= 15 is 0 Å². The van der Waals surface area contributed by atoms with Gasteiger partial charge in [-0.3, -0.25) is 0 Å². The standard InChI is InChI=1S/C24H16O5.C7H6O3/c25-21-9-5-15(6-10-21)16-7-11-22(12-8-16)29-24(28)20-4-2-17-13-19(23(26)27)3-1-18(17)14-20;8-6-3-1-5(2-4-6)7(9)10/h1-14,25H,(H,26,27);1-4,8H,(H,9,10). The minimum absolute atomic E-state index is 0.0741. The van der Waals surface area contributed by atoms with Crippen molar-refractivity contribution in [2.75, 3.05) is 0 Å². The fraction of sp³-hybridized carbons (Fsp3) is 0. The van der Waals surface area contributed by atoms with E-state index in [-0.39, 0.29) is 22.6 Å². The normalized spacial score (nSPS) is 10.3. The molecule has 5 aromatic carbocycles. The molecule has 5 rings (SSSR count). The molecule has 8 nitrogen and oxygen atoms in total. The average molecular weight is 523 g/mol. The third-order valence-corrected chi connectivity index (χ3v) is 5.70. The molecule has 4 N–H and O–H groups in total. The number of phenolic OH excluding ortho intramolecular Hbond substituents is 2. The maximum Gasteiger partial charge on any atom is 0.343 e. The zero-order chi connectivity index (χ0) is 27.9. The van der Waals surface area contributed by atoms with Crippen molar-refractivity contribution in [2.45, 2.75) is 0 Å². The third kappa shape index (κ3) is 6.78. The Morgan fingerprint density at radius 3 is 1.41 bits per heavy atom. The molecule has 0 unspecified atom stereocenters. The Morgan fingerprint density at radius 1 is 0.487 bits per heavy atom. The van der Waals surface area contributed by atoms with Gasteiger partial charge in [-0.2, -0.15) is 0 Å². The molecule has 0 aliphatic carbocycles. The number of esters is 1. The molecular weight excluding hydrogens is 500 g/mol. The zero-order valence-electron chi connectivity index (χ0n) is 20.3. The van der Waals surface area contributed by atoms with Gasteiger partial charge in [0.1, 0.15) is 17.2 Å². The maximum absolute atomic E-state index is 12.5. The van der Waals surface area contributed by atoms with Gasteiger partial charge in [-0.05, 0) is 94.7 Å². The first kappa shape index (κ1) is 26.4. The number of phenols is 2. The summed E-state index contributed by atoms with van der Waals surface area (Å²) in [6, 6.07) is 29.0. The van der Waals surface area contributed by atoms with E-state index in [9.17, 15) is 19.5 Å². The maximum atomic E-state index is 12.5. The zero-order valence-corrected chi connectivity index (χ0v) is 20.3. The van der Waals surface area contributed by atoms with Crippen molar-refractivity contribution in [1.29, 1.82) is 0 Å². The van der Waals surface area contributed by atoms with Crippen molar-refractivity contribution >= 4 is 28.7 Å². The van der Waals surface area contributed by atoms with Crippen LogP contribution in [0.5, 0.6) is 17.2 Å². The quantitative estimate of drug-likeness (QED) is 0.157. The van der Waals surface area contributed by atoms with Gasteiger partial charge in [0.05, 0.1) is 16.7 Å². The predicted octanol–water partition coefficient (Wildman–Crippen LogP) is 6.22. The molecule has 8 heteroatoms. The van der Waals surface area contributed by atoms with Gasteiger partial charge in [-0.15, -0.1) is 0 Å². The van der Waals surface area contributed by atoms with Crippen molar-refractivity contribution < 1.29 is 39.5 Å². The van der Waals surface area contributed by atoms with E-state index in [0.29, 0.717) is 11.3 Å². The molecule has 0 atom stereocenters. The molecule has 39 heavy (non-hydrogen) atoms. The molecule has 5 aromatic rings. The molecule has 0 radical (unpaired) electrons. The van der Waals surface area contributed by atoms with E-state index < -0.39 is 17.9 Å². The van der Waals surface area contributed by atoms with Crippen LogP contribution in [-0.2, 0) is 0 Å². The van der Waals surface area contributed by atoms with E-state index in [1.807, 2.05) is 12.1 Å². The highest BCUT2D eigenvalue weighted by atomic mass is 16.5. The Balaban J connectivity index is 0.000000298. The molecule has 0 bridgehead atoms. The highest BCUT2D eigenvalue weighted by Crippen LogP contribution is 2.25. The number of aromatic hydroxyl groups is 2. The van der Waals surface area contributed by atoms with Crippen LogP contribution in [0.25, 0.3) is 21.9 Å². The largest absolute Gasteiger partial charge is 0.508 e. The summed E-state index contributed by atoms with van der Waals surface area (Å²) >= 11 is 0. The van der Waals surface area contributed by atoms with Crippen molar-refractivity contribution in [3.05, 3.63) is 126 Å². The van der Waals surface area contributed by atoms with E-state index in [2.05, 4.69) is 0 Å². The smallest absolute Gasteiger partial charge is 0.343 e. The van der Waals surface area contributed by atoms with Gasteiger partial charge in [-0.25, -0.2) is 14.4 Å². The van der Waals surface area contributed by atoms with Crippen molar-refractivity contribution in [1.82, 2.24) is 0 Å². The first-order valence-corrected chi connectivity index (χ1v) is 11.6. The van der Waals surface area contributed by atoms with Gasteiger partial charge in [0.2, 0.25) is 0 Å². The van der Waals surface area contributed by atoms with Crippen LogP contribution in [-0.4, -0.2) is 38.3 Å². The fourth-order valence-corrected chi connectivity index (χ4v) is 3.65. The molecule has 0 amide bonds. The second kappa shape index (κ2) is 11.6. The second-order valence-corrected chi connectivity index (χ2v) is 8.39. The minimum Gasteiger partial charge on any atom is -0.508 e. The first-order chi connectivity index (χ1) is 18.7. The number of carboxylic acids is 2. The molecule has 0 fully saturated rings. The summed E-state index contributed by atoms with van der Waals surface area (Å²) in [6.07, 6.45) is 0. The number of hydrogen-bond acceptors (Lipinski definition) is 6. The number of fused-ring (bicyclic) bond motifs is 1. The van der Waals surface area contributed by atoms with Gasteiger partial charge in [0.25, 0.3) is 0 Å². The molecule has 0 heterocycles. The van der Waals surface area contributed by atoms with E-state index in [4.69, 9.17) is 20.1 Å². The van der Waals surface area contributed by atoms with Crippen molar-refractivity contribution in [3.63, 3.8) is 0 Å². The number of rotatable bonds is 5. The summed E-state index contributed by atoms with van der Waals surface area (Å²) in [6.45, 7) is 0. The molecule has 0 saturated heterocycles. The summed E-state index contributed by atoms with van der Waals surface area (Å²) < 4.78 is 5.45. The molecule has 0 aliphatic rings. The van der Waals surface area contributed by atoms with E-state index in [1.165, 1.54) is 30.3 Å². The molecule has 0 saturated carbocycles. The molecule has 0 spiro atoms. The van der Waals surface area contributed by atoms with Crippen LogP contribution < -0.4 is 4.74 Å². The molecule has 194 valence electrons. The SMILES string of the molecule is O=C(O)c1ccc(O)cc1.O=C(O)c1ccc2cc(C(=O)Oc3ccc(-c4ccc(O)cc4)cc3)ccc2c1. The molecular formula is C31H22O8. The minimum atomic E-state index is -0.994. The number of hydrogen-bond donors (Lipinski definition) is 4. The highest BCUT2D eigenvalue weighted by molar-refractivity contribution is 5.99. The van der Waals surface area contributed by atoms with Crippen LogP contribution in [0.1, 0.15) is 31.1 Å². The Bertz CT molecular complexity index is 1640. The fourth-order valence-electron chi connectivity index (χ4n) is 3.65. The number of aromatic carboxylic acids is 2. The predicted molar refractivity (Wildman–Crippen MR) is 144 cm³/mol. The first-order valence-electron chi connectivity index (χ1n) is 11.6. The molecule has 0 aromatic heterocycles. The van der Waals surface area contributed by atoms with Crippen LogP contribution >= 0.6 is 0 Å². The lowest BCUT2D eigenvalue weighted by atomic mass is 10.0. The Morgan fingerprint density at radius 2 is 0.897 bits per heavy atom. The Labute approximate surface area is 222 Å². The lowest BCUT2D eigenvalue weighted by molar-refractivity contribution is 0.0686. The van der Waals surface area contributed by atoms with E-state index in [0.717, 1.165) is 21.9 Å². The third-order valence-electron chi connectivity index (χ3n) is 5.70. The Hall–Kier alpha value is -5.63. The number of carboxylic acid groups (broad SMARTS) is 2. The van der Waals surface area contributed by atoms with Gasteiger partial charge in [0, 0.05) is 0 Å². The monoisotopic (exact) mass is 522 g/mol. The summed E-state index contributed by atoms with van der Waals surface area (Å²) in [4.78, 5) is 33.8. The average Bonchev–Trinajstić information content (AvgIpc) is 2.94. The topological polar surface area (TPSA) is 141 Å². The number of ether oxygens (including phenoxy) is 1. The van der Waals surface area contributed by atoms with Gasteiger partial charge < -0.3 is 25.2 Å². The lowest BCUT2D eigenvalue weighted by Gasteiger charge is -2.07. The van der Waals surface area contributed by atoms with Gasteiger partial charge in [-0.1, -0.05) is 36.4 Å². The van der Waals surface area contributed by atoms with Crippen LogP contribution in [0.3, 0.4) is 0 Å². The highest BCUT2D eigenvalue weighted by Gasteiger charge is 2.11. The van der Waals surface area contributed by atoms with Gasteiger partial charge >= 0.3 is 17.9 Å². The van der Waals surface area contributed by atoms with Crippen LogP contribution in [0, 0.1) is 0 Å². The summed E-state index contributed by atoms with van der Waals surface area (Å²) in [7, 11) is 0. The Kier molecular flexibility index (Phi) is 7.87. The summed E-state index contributed by atoms with van der Waals surface area (Å²) in [5, 5.41) is 37.1. The van der Waals surface area contributed by atoms with Crippen molar-refractivity contribution in [2.24, 2.45) is 0 Å². The number of carbonyl (C=O) groups is 3. The summed E-state index contributed by atoms with van der Waals surface area (Å²) in [5.74, 6) is -1.78. The molecule has 0 aliphatic heterocycles. The van der Waals surface area contributed by atoms with Crippen LogP contribution in [0.4, 0.5) is 0 Å². The number of benzene rings is 5. The van der Waals surface area contributed by atoms with E-state index in [1.54, 1.807) is 66.7 Å².